The van der Waals surface area contributed by atoms with Crippen molar-refractivity contribution in [1.82, 2.24) is 0 Å². The molecule has 1 saturated carbocycles. The van der Waals surface area contributed by atoms with E-state index < -0.39 is 4.33 Å². The third kappa shape index (κ3) is 1.06. The van der Waals surface area contributed by atoms with E-state index in [9.17, 15) is 0 Å². The Morgan fingerprint density at radius 3 is 2.25 bits per heavy atom. The SMILES string of the molecule is CC1(c2cc[c]cc2)CC1(Cl)Cl. The zero-order chi connectivity index (χ0) is 8.82. The fraction of sp³-hybridized carbons (Fsp3) is 0.400. The molecule has 2 rings (SSSR count). The highest BCUT2D eigenvalue weighted by Gasteiger charge is 2.63. The Morgan fingerprint density at radius 1 is 1.33 bits per heavy atom. The molecule has 1 unspecified atom stereocenters. The second-order valence-corrected chi connectivity index (χ2v) is 4.99. The quantitative estimate of drug-likeness (QED) is 0.610. The minimum absolute atomic E-state index is 0.0504. The van der Waals surface area contributed by atoms with Gasteiger partial charge in [-0.15, -0.1) is 23.2 Å². The second kappa shape index (κ2) is 2.40. The summed E-state index contributed by atoms with van der Waals surface area (Å²) in [6.07, 6.45) is 0.840. The lowest BCUT2D eigenvalue weighted by Crippen LogP contribution is -2.09. The van der Waals surface area contributed by atoms with Crippen molar-refractivity contribution in [2.45, 2.75) is 23.1 Å². The first-order chi connectivity index (χ1) is 5.56. The van der Waals surface area contributed by atoms with Gasteiger partial charge in [0, 0.05) is 5.41 Å². The molecule has 1 aliphatic rings. The highest BCUT2D eigenvalue weighted by Crippen LogP contribution is 2.64. The van der Waals surface area contributed by atoms with E-state index in [0.29, 0.717) is 0 Å². The predicted molar refractivity (Wildman–Crippen MR) is 51.7 cm³/mol. The van der Waals surface area contributed by atoms with E-state index >= 15 is 0 Å². The van der Waals surface area contributed by atoms with Crippen molar-refractivity contribution < 1.29 is 0 Å². The molecule has 1 fully saturated rings. The summed E-state index contributed by atoms with van der Waals surface area (Å²) in [6.45, 7) is 2.09. The van der Waals surface area contributed by atoms with Gasteiger partial charge in [0.2, 0.25) is 0 Å². The molecule has 1 aromatic rings. The molecule has 0 aliphatic heterocycles. The van der Waals surface area contributed by atoms with E-state index in [2.05, 4.69) is 13.0 Å². The molecule has 1 radical (unpaired) electrons. The molecule has 0 N–H and O–H groups in total. The van der Waals surface area contributed by atoms with Crippen molar-refractivity contribution in [2.75, 3.05) is 0 Å². The van der Waals surface area contributed by atoms with Crippen LogP contribution in [0.3, 0.4) is 0 Å². The van der Waals surface area contributed by atoms with Crippen LogP contribution in [0.25, 0.3) is 0 Å². The van der Waals surface area contributed by atoms with E-state index in [0.717, 1.165) is 6.42 Å². The summed E-state index contributed by atoms with van der Waals surface area (Å²) in [7, 11) is 0. The maximum atomic E-state index is 6.04. The molecule has 0 heterocycles. The first kappa shape index (κ1) is 8.40. The molecule has 0 nitrogen and oxygen atoms in total. The smallest absolute Gasteiger partial charge is 0.101 e. The molecule has 2 heteroatoms. The van der Waals surface area contributed by atoms with E-state index in [4.69, 9.17) is 23.2 Å². The third-order valence-corrected chi connectivity index (χ3v) is 3.71. The maximum absolute atomic E-state index is 6.04. The minimum atomic E-state index is -0.561. The molecule has 63 valence electrons. The second-order valence-electron chi connectivity index (χ2n) is 3.50. The van der Waals surface area contributed by atoms with E-state index in [-0.39, 0.29) is 5.41 Å². The van der Waals surface area contributed by atoms with Gasteiger partial charge in [0.05, 0.1) is 0 Å². The molecule has 0 saturated heterocycles. The highest BCUT2D eigenvalue weighted by molar-refractivity contribution is 6.52. The number of rotatable bonds is 1. The fourth-order valence-electron chi connectivity index (χ4n) is 1.47. The Morgan fingerprint density at radius 2 is 1.83 bits per heavy atom. The van der Waals surface area contributed by atoms with Crippen molar-refractivity contribution >= 4 is 23.2 Å². The summed E-state index contributed by atoms with van der Waals surface area (Å²) in [5, 5.41) is 0. The normalized spacial score (nSPS) is 31.6. The van der Waals surface area contributed by atoms with Crippen molar-refractivity contribution in [2.24, 2.45) is 0 Å². The molecule has 1 atom stereocenters. The van der Waals surface area contributed by atoms with Crippen LogP contribution in [0.15, 0.2) is 24.3 Å². The molecular formula is C10H9Cl2. The third-order valence-electron chi connectivity index (χ3n) is 2.61. The van der Waals surface area contributed by atoms with Crippen LogP contribution in [0.1, 0.15) is 18.9 Å². The highest BCUT2D eigenvalue weighted by atomic mass is 35.5. The Labute approximate surface area is 82.5 Å². The largest absolute Gasteiger partial charge is 0.128 e. The van der Waals surface area contributed by atoms with Crippen molar-refractivity contribution in [1.29, 1.82) is 0 Å². The minimum Gasteiger partial charge on any atom is -0.101 e. The van der Waals surface area contributed by atoms with Crippen molar-refractivity contribution in [3.8, 4) is 0 Å². The van der Waals surface area contributed by atoms with Gasteiger partial charge < -0.3 is 0 Å². The summed E-state index contributed by atoms with van der Waals surface area (Å²) >= 11 is 12.1. The Hall–Kier alpha value is -0.200. The summed E-state index contributed by atoms with van der Waals surface area (Å²) < 4.78 is -0.561. The van der Waals surface area contributed by atoms with Crippen LogP contribution in [-0.2, 0) is 5.41 Å². The number of hydrogen-bond acceptors (Lipinski definition) is 0. The number of hydrogen-bond donors (Lipinski definition) is 0. The molecule has 1 aliphatic carbocycles. The molecule has 0 spiro atoms. The van der Waals surface area contributed by atoms with Crippen LogP contribution < -0.4 is 0 Å². The summed E-state index contributed by atoms with van der Waals surface area (Å²) in [4.78, 5) is 0. The molecule has 1 aromatic carbocycles. The molecule has 0 bridgehead atoms. The number of halogens is 2. The van der Waals surface area contributed by atoms with Gasteiger partial charge in [-0.2, -0.15) is 0 Å². The van der Waals surface area contributed by atoms with Gasteiger partial charge in [-0.1, -0.05) is 31.2 Å². The van der Waals surface area contributed by atoms with Gasteiger partial charge in [-0.25, -0.2) is 0 Å². The van der Waals surface area contributed by atoms with E-state index in [1.807, 2.05) is 24.3 Å². The Kier molecular flexibility index (Phi) is 1.68. The van der Waals surface area contributed by atoms with Gasteiger partial charge in [0.25, 0.3) is 0 Å². The first-order valence-corrected chi connectivity index (χ1v) is 4.66. The van der Waals surface area contributed by atoms with Crippen LogP contribution in [0.4, 0.5) is 0 Å². The Balaban J connectivity index is 2.35. The van der Waals surface area contributed by atoms with Crippen LogP contribution in [-0.4, -0.2) is 4.33 Å². The van der Waals surface area contributed by atoms with Gasteiger partial charge >= 0.3 is 0 Å². The predicted octanol–water partition coefficient (Wildman–Crippen LogP) is 3.32. The monoisotopic (exact) mass is 199 g/mol. The summed E-state index contributed by atoms with van der Waals surface area (Å²) in [5.74, 6) is 0. The average molecular weight is 200 g/mol. The maximum Gasteiger partial charge on any atom is 0.128 e. The molecule has 0 aromatic heterocycles. The van der Waals surface area contributed by atoms with E-state index in [1.54, 1.807) is 0 Å². The van der Waals surface area contributed by atoms with Gasteiger partial charge in [0.1, 0.15) is 4.33 Å². The number of alkyl halides is 2. The Bertz CT molecular complexity index is 292. The van der Waals surface area contributed by atoms with Crippen LogP contribution >= 0.6 is 23.2 Å². The average Bonchev–Trinajstić information content (AvgIpc) is 2.55. The summed E-state index contributed by atoms with van der Waals surface area (Å²) in [6, 6.07) is 10.8. The van der Waals surface area contributed by atoms with Gasteiger partial charge in [0.15, 0.2) is 0 Å². The van der Waals surface area contributed by atoms with Gasteiger partial charge in [-0.3, -0.25) is 0 Å². The molecular weight excluding hydrogens is 191 g/mol. The fourth-order valence-corrected chi connectivity index (χ4v) is 2.22. The van der Waals surface area contributed by atoms with Gasteiger partial charge in [-0.05, 0) is 18.1 Å². The lowest BCUT2D eigenvalue weighted by atomic mass is 9.99. The van der Waals surface area contributed by atoms with Crippen LogP contribution in [0.5, 0.6) is 0 Å². The van der Waals surface area contributed by atoms with Crippen LogP contribution in [0, 0.1) is 6.07 Å². The standard InChI is InChI=1S/C10H9Cl2/c1-9(7-10(9,11)12)8-5-3-2-4-6-8/h3-6H,7H2,1H3. The summed E-state index contributed by atoms with van der Waals surface area (Å²) in [5.41, 5.74) is 1.15. The zero-order valence-corrected chi connectivity index (χ0v) is 8.28. The zero-order valence-electron chi connectivity index (χ0n) is 6.77. The number of benzene rings is 1. The molecule has 0 amide bonds. The van der Waals surface area contributed by atoms with Crippen LogP contribution in [0.2, 0.25) is 0 Å². The van der Waals surface area contributed by atoms with Crippen molar-refractivity contribution in [3.63, 3.8) is 0 Å². The molecule has 12 heavy (non-hydrogen) atoms. The topological polar surface area (TPSA) is 0 Å². The van der Waals surface area contributed by atoms with Crippen molar-refractivity contribution in [3.05, 3.63) is 35.9 Å². The lowest BCUT2D eigenvalue weighted by Gasteiger charge is -2.11. The van der Waals surface area contributed by atoms with E-state index in [1.165, 1.54) is 5.56 Å². The first-order valence-electron chi connectivity index (χ1n) is 3.91. The lowest BCUT2D eigenvalue weighted by molar-refractivity contribution is 0.774.